The maximum Gasteiger partial charge on any atom is 0.267 e. The lowest BCUT2D eigenvalue weighted by molar-refractivity contribution is 0.570. The van der Waals surface area contributed by atoms with Crippen molar-refractivity contribution in [2.75, 3.05) is 5.73 Å². The predicted octanol–water partition coefficient (Wildman–Crippen LogP) is 3.57. The van der Waals surface area contributed by atoms with Gasteiger partial charge < -0.3 is 5.73 Å². The Morgan fingerprint density at radius 1 is 1.00 bits per heavy atom. The van der Waals surface area contributed by atoms with Crippen molar-refractivity contribution in [2.24, 2.45) is 5.41 Å². The Kier molecular flexibility index (Phi) is 5.52. The minimum absolute atomic E-state index is 0.152. The summed E-state index contributed by atoms with van der Waals surface area (Å²) in [6, 6.07) is 9.51. The minimum Gasteiger partial charge on any atom is -0.383 e. The second-order valence-electron chi connectivity index (χ2n) is 9.75. The molecule has 9 heteroatoms. The number of aryl methyl sites for hydroxylation is 2. The van der Waals surface area contributed by atoms with Crippen LogP contribution < -0.4 is 11.3 Å². The summed E-state index contributed by atoms with van der Waals surface area (Å²) in [5.41, 5.74) is 9.68. The first kappa shape index (κ1) is 23.2. The molecule has 5 aromatic rings. The Balaban J connectivity index is 1.78. The summed E-state index contributed by atoms with van der Waals surface area (Å²) >= 11 is 0. The van der Waals surface area contributed by atoms with E-state index < -0.39 is 0 Å². The molecule has 0 aliphatic rings. The summed E-state index contributed by atoms with van der Waals surface area (Å²) in [5.74, 6) is 7.10. The van der Waals surface area contributed by atoms with Crippen LogP contribution in [0.2, 0.25) is 0 Å². The van der Waals surface area contributed by atoms with E-state index in [4.69, 9.17) is 15.8 Å². The van der Waals surface area contributed by atoms with Gasteiger partial charge in [0.25, 0.3) is 5.56 Å². The molecule has 0 bridgehead atoms. The van der Waals surface area contributed by atoms with Crippen molar-refractivity contribution in [2.45, 2.75) is 41.2 Å². The van der Waals surface area contributed by atoms with Crippen LogP contribution in [0.3, 0.4) is 0 Å². The second-order valence-corrected chi connectivity index (χ2v) is 9.75. The molecule has 4 heterocycles. The zero-order chi connectivity index (χ0) is 25.6. The number of rotatable bonds is 3. The Hall–Kier alpha value is -4.58. The van der Waals surface area contributed by atoms with Crippen LogP contribution in [0.1, 0.15) is 43.4 Å². The monoisotopic (exact) mass is 478 g/mol. The minimum atomic E-state index is -0.227. The van der Waals surface area contributed by atoms with E-state index in [9.17, 15) is 4.79 Å². The lowest BCUT2D eigenvalue weighted by Gasteiger charge is -2.16. The average Bonchev–Trinajstić information content (AvgIpc) is 3.17. The number of nitrogen functional groups attached to an aromatic ring is 1. The molecule has 0 aliphatic heterocycles. The predicted molar refractivity (Wildman–Crippen MR) is 140 cm³/mol. The van der Waals surface area contributed by atoms with Gasteiger partial charge in [0.05, 0.1) is 16.5 Å². The first-order valence-electron chi connectivity index (χ1n) is 11.6. The fourth-order valence-electron chi connectivity index (χ4n) is 4.07. The van der Waals surface area contributed by atoms with E-state index in [1.54, 1.807) is 15.4 Å². The molecule has 4 aromatic heterocycles. The van der Waals surface area contributed by atoms with E-state index in [1.165, 1.54) is 6.33 Å². The van der Waals surface area contributed by atoms with Gasteiger partial charge in [0.15, 0.2) is 11.3 Å². The van der Waals surface area contributed by atoms with Crippen LogP contribution in [-0.2, 0) is 6.54 Å². The number of nitrogens with zero attached hydrogens (tertiary/aromatic N) is 7. The molecule has 0 saturated carbocycles. The van der Waals surface area contributed by atoms with Crippen LogP contribution in [0.15, 0.2) is 47.7 Å². The number of benzene rings is 1. The van der Waals surface area contributed by atoms with E-state index in [2.05, 4.69) is 26.8 Å². The summed E-state index contributed by atoms with van der Waals surface area (Å²) in [4.78, 5) is 31.6. The van der Waals surface area contributed by atoms with Gasteiger partial charge in [-0.3, -0.25) is 9.36 Å². The first-order valence-corrected chi connectivity index (χ1v) is 11.6. The van der Waals surface area contributed by atoms with Crippen LogP contribution in [-0.4, -0.2) is 34.3 Å². The standard InChI is InChI=1S/C27H26N8O/c1-16-8-6-7-9-19(16)35-20(32-24-21(26(35)36)17(2)11-13-29-24)14-34-25-22(23(28)30-15-31-25)18(33-34)10-12-27(3,4)5/h6-9,11,13,15H,14H2,1-5H3,(H2,28,30,31). The molecule has 0 radical (unpaired) electrons. The third-order valence-electron chi connectivity index (χ3n) is 5.81. The van der Waals surface area contributed by atoms with Crippen molar-refractivity contribution < 1.29 is 0 Å². The van der Waals surface area contributed by atoms with Crippen molar-refractivity contribution >= 4 is 27.9 Å². The molecule has 36 heavy (non-hydrogen) atoms. The highest BCUT2D eigenvalue weighted by Gasteiger charge is 2.20. The van der Waals surface area contributed by atoms with Crippen molar-refractivity contribution in [3.05, 3.63) is 75.9 Å². The zero-order valence-electron chi connectivity index (χ0n) is 20.9. The maximum atomic E-state index is 13.8. The summed E-state index contributed by atoms with van der Waals surface area (Å²) in [6.07, 6.45) is 3.05. The molecular formula is C27H26N8O. The zero-order valence-corrected chi connectivity index (χ0v) is 20.9. The average molecular weight is 479 g/mol. The van der Waals surface area contributed by atoms with Crippen LogP contribution in [0.4, 0.5) is 5.82 Å². The van der Waals surface area contributed by atoms with Crippen molar-refractivity contribution in [1.82, 2.24) is 34.3 Å². The van der Waals surface area contributed by atoms with E-state index in [0.29, 0.717) is 39.4 Å². The quantitative estimate of drug-likeness (QED) is 0.394. The van der Waals surface area contributed by atoms with Gasteiger partial charge in [-0.2, -0.15) is 5.10 Å². The molecule has 9 nitrogen and oxygen atoms in total. The highest BCUT2D eigenvalue weighted by Crippen LogP contribution is 2.23. The summed E-state index contributed by atoms with van der Waals surface area (Å²) in [5, 5.41) is 5.78. The smallest absolute Gasteiger partial charge is 0.267 e. The number of anilines is 1. The van der Waals surface area contributed by atoms with Crippen molar-refractivity contribution in [3.8, 4) is 17.5 Å². The number of hydrogen-bond acceptors (Lipinski definition) is 7. The molecule has 2 N–H and O–H groups in total. The van der Waals surface area contributed by atoms with Crippen LogP contribution in [0.5, 0.6) is 0 Å². The largest absolute Gasteiger partial charge is 0.383 e. The van der Waals surface area contributed by atoms with Gasteiger partial charge in [0.1, 0.15) is 30.2 Å². The van der Waals surface area contributed by atoms with Crippen molar-refractivity contribution in [1.29, 1.82) is 0 Å². The first-order chi connectivity index (χ1) is 17.1. The Bertz CT molecular complexity index is 1760. The molecule has 0 unspecified atom stereocenters. The number of para-hydroxylation sites is 1. The summed E-state index contributed by atoms with van der Waals surface area (Å²) in [7, 11) is 0. The van der Waals surface area contributed by atoms with Gasteiger partial charge in [0, 0.05) is 11.6 Å². The lowest BCUT2D eigenvalue weighted by atomic mass is 9.98. The fraction of sp³-hybridized carbons (Fsp3) is 0.259. The molecule has 5 rings (SSSR count). The third-order valence-corrected chi connectivity index (χ3v) is 5.81. The number of nitrogens with two attached hydrogens (primary N) is 1. The fourth-order valence-corrected chi connectivity index (χ4v) is 4.07. The van der Waals surface area contributed by atoms with Gasteiger partial charge >= 0.3 is 0 Å². The number of fused-ring (bicyclic) bond motifs is 2. The van der Waals surface area contributed by atoms with Crippen LogP contribution in [0, 0.1) is 31.1 Å². The van der Waals surface area contributed by atoms with Crippen molar-refractivity contribution in [3.63, 3.8) is 0 Å². The molecule has 0 atom stereocenters. The number of aromatic nitrogens is 7. The SMILES string of the molecule is Cc1ccccc1-n1c(Cn2nc(C#CC(C)(C)C)c3c(N)ncnc32)nc2nccc(C)c2c1=O. The molecule has 0 amide bonds. The van der Waals surface area contributed by atoms with E-state index >= 15 is 0 Å². The molecule has 180 valence electrons. The lowest BCUT2D eigenvalue weighted by Crippen LogP contribution is -2.27. The Morgan fingerprint density at radius 2 is 1.78 bits per heavy atom. The molecule has 0 aliphatic carbocycles. The van der Waals surface area contributed by atoms with E-state index in [1.807, 2.05) is 65.0 Å². The van der Waals surface area contributed by atoms with Crippen LogP contribution >= 0.6 is 0 Å². The topological polar surface area (TPSA) is 117 Å². The highest BCUT2D eigenvalue weighted by molar-refractivity contribution is 5.90. The van der Waals surface area contributed by atoms with E-state index in [0.717, 1.165) is 16.8 Å². The molecular weight excluding hydrogens is 452 g/mol. The molecule has 0 fully saturated rings. The Labute approximate surface area is 208 Å². The molecule has 0 spiro atoms. The number of hydrogen-bond donors (Lipinski definition) is 1. The Morgan fingerprint density at radius 3 is 2.53 bits per heavy atom. The van der Waals surface area contributed by atoms with Gasteiger partial charge in [-0.15, -0.1) is 0 Å². The summed E-state index contributed by atoms with van der Waals surface area (Å²) in [6.45, 7) is 10.1. The van der Waals surface area contributed by atoms with Crippen LogP contribution in [0.25, 0.3) is 27.8 Å². The van der Waals surface area contributed by atoms with Gasteiger partial charge in [0.2, 0.25) is 0 Å². The van der Waals surface area contributed by atoms with E-state index in [-0.39, 0.29) is 17.5 Å². The highest BCUT2D eigenvalue weighted by atomic mass is 16.1. The summed E-state index contributed by atoms with van der Waals surface area (Å²) < 4.78 is 3.29. The van der Waals surface area contributed by atoms with Gasteiger partial charge in [-0.1, -0.05) is 24.1 Å². The normalized spacial score (nSPS) is 11.6. The van der Waals surface area contributed by atoms with Gasteiger partial charge in [-0.25, -0.2) is 24.6 Å². The maximum absolute atomic E-state index is 13.8. The molecule has 1 aromatic carbocycles. The second kappa shape index (κ2) is 8.57. The van der Waals surface area contributed by atoms with Gasteiger partial charge in [-0.05, 0) is 63.8 Å². The third kappa shape index (κ3) is 4.07. The number of pyridine rings is 1. The molecule has 0 saturated heterocycles.